The van der Waals surface area contributed by atoms with E-state index in [1.807, 2.05) is 0 Å². The summed E-state index contributed by atoms with van der Waals surface area (Å²) in [5, 5.41) is 11.5. The summed E-state index contributed by atoms with van der Waals surface area (Å²) in [6.45, 7) is 0. The lowest BCUT2D eigenvalue weighted by Crippen LogP contribution is -2.60. The third-order valence-electron chi connectivity index (χ3n) is 9.86. The molecule has 0 spiro atoms. The molecule has 3 aromatic carbocycles. The van der Waals surface area contributed by atoms with Crippen LogP contribution in [0.3, 0.4) is 0 Å². The van der Waals surface area contributed by atoms with Crippen LogP contribution in [0.2, 0.25) is 5.02 Å². The molecule has 0 bridgehead atoms. The first-order chi connectivity index (χ1) is 23.1. The molecule has 16 heteroatoms. The van der Waals surface area contributed by atoms with E-state index in [4.69, 9.17) is 39.5 Å². The topological polar surface area (TPSA) is 104 Å². The van der Waals surface area contributed by atoms with E-state index >= 15 is 8.78 Å². The first-order valence-corrected chi connectivity index (χ1v) is 15.7. The quantitative estimate of drug-likeness (QED) is 0.0817. The van der Waals surface area contributed by atoms with Gasteiger partial charge in [-0.25, -0.2) is 26.9 Å². The van der Waals surface area contributed by atoms with Gasteiger partial charge in [0.25, 0.3) is 11.8 Å². The zero-order valence-electron chi connectivity index (χ0n) is 24.7. The summed E-state index contributed by atoms with van der Waals surface area (Å²) in [5.41, 5.74) is -1.76. The van der Waals surface area contributed by atoms with Gasteiger partial charge in [0.1, 0.15) is 17.2 Å². The summed E-state index contributed by atoms with van der Waals surface area (Å²) in [5.74, 6) is -22.7. The van der Waals surface area contributed by atoms with E-state index in [0.29, 0.717) is 5.02 Å². The number of imide groups is 2. The number of phenolic OH excluding ortho intramolecular Hbond substituents is 1. The number of anilines is 2. The molecule has 1 saturated carbocycles. The number of carbonyl (C=O) groups is 4. The molecule has 0 aromatic heterocycles. The number of ether oxygens (including phenoxy) is 1. The molecule has 7 rings (SSSR count). The summed E-state index contributed by atoms with van der Waals surface area (Å²) in [6.07, 6.45) is 0.739. The third kappa shape index (κ3) is 4.21. The summed E-state index contributed by atoms with van der Waals surface area (Å²) in [7, 11) is 1.21. The molecule has 0 unspecified atom stereocenters. The maximum absolute atomic E-state index is 15.2. The number of allylic oxidation sites excluding steroid dienone is 2. The first-order valence-electron chi connectivity index (χ1n) is 14.6. The van der Waals surface area contributed by atoms with Gasteiger partial charge in [0.05, 0.1) is 24.6 Å². The van der Waals surface area contributed by atoms with Gasteiger partial charge in [-0.3, -0.25) is 24.1 Å². The lowest BCUT2D eigenvalue weighted by molar-refractivity contribution is -0.125. The molecule has 3 fully saturated rings. The highest BCUT2D eigenvalue weighted by atomic mass is 35.5. The van der Waals surface area contributed by atoms with Gasteiger partial charge in [0.15, 0.2) is 33.0 Å². The number of fused-ring (bicyclic) bond motifs is 4. The number of methoxy groups -OCH3 is 1. The Balaban J connectivity index is 1.46. The van der Waals surface area contributed by atoms with Crippen molar-refractivity contribution in [3.05, 3.63) is 93.8 Å². The zero-order chi connectivity index (χ0) is 35.5. The molecular weight excluding hydrogens is 722 g/mol. The van der Waals surface area contributed by atoms with Gasteiger partial charge in [0, 0.05) is 16.5 Å². The molecule has 2 aliphatic heterocycles. The number of alkyl halides is 2. The van der Waals surface area contributed by atoms with Crippen LogP contribution in [-0.4, -0.2) is 45.6 Å². The van der Waals surface area contributed by atoms with Gasteiger partial charge in [-0.05, 0) is 55.2 Å². The van der Waals surface area contributed by atoms with Gasteiger partial charge in [-0.1, -0.05) is 29.3 Å². The smallest absolute Gasteiger partial charge is 0.258 e. The molecule has 8 nitrogen and oxygen atoms in total. The van der Waals surface area contributed by atoms with Crippen molar-refractivity contribution in [2.24, 2.45) is 17.8 Å². The Morgan fingerprint density at radius 2 is 1.43 bits per heavy atom. The Kier molecular flexibility index (Phi) is 7.58. The van der Waals surface area contributed by atoms with Crippen molar-refractivity contribution in [3.63, 3.8) is 0 Å². The number of nitrogens with zero attached hydrogens (tertiary/aromatic N) is 2. The largest absolute Gasteiger partial charge is 0.508 e. The van der Waals surface area contributed by atoms with Crippen molar-refractivity contribution in [3.8, 4) is 11.5 Å². The van der Waals surface area contributed by atoms with Crippen LogP contribution in [0.5, 0.6) is 11.5 Å². The predicted octanol–water partition coefficient (Wildman–Crippen LogP) is 6.52. The number of hydrogen-bond donors (Lipinski definition) is 1. The third-order valence-corrected chi connectivity index (χ3v) is 11.5. The molecule has 2 saturated heterocycles. The average molecular weight is 742 g/mol. The molecule has 1 N–H and O–H groups in total. The van der Waals surface area contributed by atoms with Gasteiger partial charge >= 0.3 is 0 Å². The highest BCUT2D eigenvalue weighted by Gasteiger charge is 2.77. The normalized spacial score (nSPS) is 29.2. The van der Waals surface area contributed by atoms with Gasteiger partial charge in [-0.2, -0.15) is 0 Å². The molecule has 254 valence electrons. The van der Waals surface area contributed by atoms with Gasteiger partial charge in [-0.15, -0.1) is 23.2 Å². The van der Waals surface area contributed by atoms with Crippen LogP contribution in [0.1, 0.15) is 24.3 Å². The van der Waals surface area contributed by atoms with Crippen molar-refractivity contribution in [1.82, 2.24) is 0 Å². The average Bonchev–Trinajstić information content (AvgIpc) is 3.42. The van der Waals surface area contributed by atoms with Crippen LogP contribution in [0.4, 0.5) is 33.3 Å². The number of carbonyl (C=O) groups excluding carboxylic acids is 4. The number of phenols is 1. The molecule has 3 aromatic rings. The van der Waals surface area contributed by atoms with E-state index in [1.54, 1.807) is 0 Å². The van der Waals surface area contributed by atoms with Crippen LogP contribution in [0.15, 0.2) is 54.1 Å². The van der Waals surface area contributed by atoms with Crippen molar-refractivity contribution in [2.75, 3.05) is 16.9 Å². The first kappa shape index (κ1) is 33.3. The van der Waals surface area contributed by atoms with Gasteiger partial charge < -0.3 is 9.84 Å². The number of amides is 4. The minimum absolute atomic E-state index is 0.0800. The van der Waals surface area contributed by atoms with Crippen molar-refractivity contribution in [2.45, 2.75) is 28.5 Å². The van der Waals surface area contributed by atoms with E-state index < -0.39 is 104 Å². The Morgan fingerprint density at radius 3 is 2.04 bits per heavy atom. The summed E-state index contributed by atoms with van der Waals surface area (Å²) >= 11 is 20.2. The van der Waals surface area contributed by atoms with Crippen molar-refractivity contribution < 1.29 is 51.0 Å². The van der Waals surface area contributed by atoms with E-state index in [-0.39, 0.29) is 33.9 Å². The van der Waals surface area contributed by atoms with E-state index in [9.17, 15) is 37.5 Å². The predicted molar refractivity (Wildman–Crippen MR) is 165 cm³/mol. The van der Waals surface area contributed by atoms with Crippen LogP contribution in [0.25, 0.3) is 0 Å². The highest BCUT2D eigenvalue weighted by molar-refractivity contribution is 6.58. The van der Waals surface area contributed by atoms with Gasteiger partial charge in [0.2, 0.25) is 17.6 Å². The lowest BCUT2D eigenvalue weighted by Gasteiger charge is -2.50. The number of benzene rings is 3. The lowest BCUT2D eigenvalue weighted by atomic mass is 9.56. The van der Waals surface area contributed by atoms with E-state index in [2.05, 4.69) is 0 Å². The molecule has 6 atom stereocenters. The molecule has 4 aliphatic rings. The monoisotopic (exact) mass is 740 g/mol. The number of hydrogen-bond acceptors (Lipinski definition) is 6. The number of aromatic hydroxyl groups is 1. The molecule has 49 heavy (non-hydrogen) atoms. The van der Waals surface area contributed by atoms with E-state index in [1.165, 1.54) is 55.7 Å². The maximum Gasteiger partial charge on any atom is 0.258 e. The Hall–Kier alpha value is -4.20. The summed E-state index contributed by atoms with van der Waals surface area (Å²) < 4.78 is 78.7. The number of rotatable bonds is 4. The molecule has 2 heterocycles. The molecule has 2 aliphatic carbocycles. The fraction of sp³-hybridized carbons (Fsp3) is 0.273. The fourth-order valence-electron chi connectivity index (χ4n) is 7.73. The molecule has 4 amide bonds. The summed E-state index contributed by atoms with van der Waals surface area (Å²) in [6, 6.07) is 9.79. The van der Waals surface area contributed by atoms with Crippen LogP contribution < -0.4 is 14.5 Å². The Morgan fingerprint density at radius 1 is 0.816 bits per heavy atom. The van der Waals surface area contributed by atoms with Crippen molar-refractivity contribution >= 4 is 69.8 Å². The van der Waals surface area contributed by atoms with Crippen LogP contribution in [-0.2, 0) is 19.2 Å². The highest BCUT2D eigenvalue weighted by Crippen LogP contribution is 2.67. The Labute approximate surface area is 288 Å². The van der Waals surface area contributed by atoms with Crippen molar-refractivity contribution in [1.29, 1.82) is 0 Å². The second-order valence-electron chi connectivity index (χ2n) is 12.1. The maximum atomic E-state index is 15.2. The fourth-order valence-corrected chi connectivity index (χ4v) is 8.77. The van der Waals surface area contributed by atoms with Crippen LogP contribution in [0, 0.1) is 46.8 Å². The second-order valence-corrected chi connectivity index (χ2v) is 13.8. The van der Waals surface area contributed by atoms with E-state index in [0.717, 1.165) is 4.90 Å². The zero-order valence-corrected chi connectivity index (χ0v) is 27.0. The summed E-state index contributed by atoms with van der Waals surface area (Å²) in [4.78, 5) is 51.6. The second kappa shape index (κ2) is 11.2. The minimum atomic E-state index is -2.81. The Bertz CT molecular complexity index is 2040. The number of halogens is 8. The molecular formula is C33H20Cl3F5N2O6. The minimum Gasteiger partial charge on any atom is -0.508 e. The standard InChI is InChI=1S/C33H20Cl3F5N2O6/c1-49-18-4-2-3-17(44)20(18)21-14-9-10-15-19(29(46)42(28(15)45)13-7-5-12(34)6-8-13)16(14)11-32(35)30(47)43(31(48)33(21,32)36)27-25(40)23(38)22(37)24(39)26(27)41/h2-9,15-16,19,21,44H,10-11H2,1H3/t15-,16+,19-,21+,32+,33-/m0/s1. The molecule has 0 radical (unpaired) electrons. The van der Waals surface area contributed by atoms with Crippen LogP contribution >= 0.6 is 34.8 Å². The SMILES string of the molecule is COc1cccc(O)c1[C@H]1C2=CC[C@@H]3C(=O)N(c4ccc(Cl)cc4)C(=O)[C@@H]3[C@@H]2C[C@@]2(Cl)C(=O)N(c3c(F)c(F)c(F)c(F)c3F)C(=O)[C@@]12Cl.